The van der Waals surface area contributed by atoms with Gasteiger partial charge in [0.15, 0.2) is 11.6 Å². The molecule has 0 fully saturated rings. The van der Waals surface area contributed by atoms with Gasteiger partial charge in [0.2, 0.25) is 11.7 Å². The summed E-state index contributed by atoms with van der Waals surface area (Å²) in [4.78, 5) is 3.99. The van der Waals surface area contributed by atoms with Crippen LogP contribution in [0.5, 0.6) is 0 Å². The molecule has 0 bridgehead atoms. The molecular formula is C12H12F2N2O3. The Bertz CT molecular complexity index is 560. The van der Waals surface area contributed by atoms with Crippen LogP contribution in [-0.2, 0) is 11.2 Å². The fourth-order valence-electron chi connectivity index (χ4n) is 1.54. The van der Waals surface area contributed by atoms with Crippen molar-refractivity contribution in [1.29, 1.82) is 0 Å². The van der Waals surface area contributed by atoms with Crippen molar-refractivity contribution < 1.29 is 23.1 Å². The fourth-order valence-corrected chi connectivity index (χ4v) is 1.54. The van der Waals surface area contributed by atoms with Crippen molar-refractivity contribution in [2.75, 3.05) is 13.7 Å². The first-order valence-electron chi connectivity index (χ1n) is 5.55. The van der Waals surface area contributed by atoms with E-state index in [0.29, 0.717) is 5.56 Å². The van der Waals surface area contributed by atoms with Gasteiger partial charge in [-0.25, -0.2) is 8.78 Å². The molecule has 7 heteroatoms. The minimum Gasteiger partial charge on any atom is -0.390 e. The summed E-state index contributed by atoms with van der Waals surface area (Å²) < 4.78 is 35.5. The van der Waals surface area contributed by atoms with Gasteiger partial charge in [-0.1, -0.05) is 5.16 Å². The second-order valence-electron chi connectivity index (χ2n) is 3.95. The van der Waals surface area contributed by atoms with Crippen LogP contribution in [0.1, 0.15) is 5.89 Å². The van der Waals surface area contributed by atoms with Crippen molar-refractivity contribution >= 4 is 0 Å². The molecule has 1 unspecified atom stereocenters. The standard InChI is InChI=1S/C12H12F2N2O3/c1-18-6-8(17)5-11-15-12(16-19-11)7-2-3-9(13)10(14)4-7/h2-4,8,17H,5-6H2,1H3. The number of aromatic nitrogens is 2. The van der Waals surface area contributed by atoms with Crippen LogP contribution in [-0.4, -0.2) is 35.1 Å². The fraction of sp³-hybridized carbons (Fsp3) is 0.333. The van der Waals surface area contributed by atoms with Crippen LogP contribution >= 0.6 is 0 Å². The zero-order valence-corrected chi connectivity index (χ0v) is 10.1. The summed E-state index contributed by atoms with van der Waals surface area (Å²) in [5.74, 6) is -1.59. The Morgan fingerprint density at radius 3 is 2.84 bits per heavy atom. The zero-order valence-electron chi connectivity index (χ0n) is 10.1. The zero-order chi connectivity index (χ0) is 13.8. The maximum Gasteiger partial charge on any atom is 0.229 e. The van der Waals surface area contributed by atoms with Crippen LogP contribution < -0.4 is 0 Å². The number of nitrogens with zero attached hydrogens (tertiary/aromatic N) is 2. The Balaban J connectivity index is 2.14. The van der Waals surface area contributed by atoms with E-state index < -0.39 is 17.7 Å². The predicted octanol–water partition coefficient (Wildman–Crippen LogP) is 1.56. The van der Waals surface area contributed by atoms with E-state index in [1.54, 1.807) is 0 Å². The highest BCUT2D eigenvalue weighted by Gasteiger charge is 2.14. The average molecular weight is 270 g/mol. The molecule has 1 atom stereocenters. The van der Waals surface area contributed by atoms with Crippen molar-refractivity contribution in [3.63, 3.8) is 0 Å². The maximum atomic E-state index is 13.1. The first-order valence-corrected chi connectivity index (χ1v) is 5.55. The number of methoxy groups -OCH3 is 1. The number of hydrogen-bond acceptors (Lipinski definition) is 5. The van der Waals surface area contributed by atoms with Gasteiger partial charge in [0.25, 0.3) is 0 Å². The highest BCUT2D eigenvalue weighted by molar-refractivity contribution is 5.54. The molecule has 0 aliphatic carbocycles. The maximum absolute atomic E-state index is 13.1. The van der Waals surface area contributed by atoms with Gasteiger partial charge in [0.05, 0.1) is 19.1 Å². The average Bonchev–Trinajstić information content (AvgIpc) is 2.81. The van der Waals surface area contributed by atoms with E-state index in [2.05, 4.69) is 10.1 Å². The van der Waals surface area contributed by atoms with Gasteiger partial charge in [-0.15, -0.1) is 0 Å². The van der Waals surface area contributed by atoms with Crippen LogP contribution in [0.15, 0.2) is 22.7 Å². The molecular weight excluding hydrogens is 258 g/mol. The summed E-state index contributed by atoms with van der Waals surface area (Å²) in [6.45, 7) is 0.142. The van der Waals surface area contributed by atoms with Gasteiger partial charge in [0, 0.05) is 12.7 Å². The Morgan fingerprint density at radius 1 is 1.37 bits per heavy atom. The molecule has 0 spiro atoms. The summed E-state index contributed by atoms with van der Waals surface area (Å²) in [6, 6.07) is 3.31. The lowest BCUT2D eigenvalue weighted by atomic mass is 10.2. The Kier molecular flexibility index (Phi) is 4.18. The molecule has 1 aromatic carbocycles. The summed E-state index contributed by atoms with van der Waals surface area (Å²) in [7, 11) is 1.46. The second-order valence-corrected chi connectivity index (χ2v) is 3.95. The van der Waals surface area contributed by atoms with Crippen LogP contribution in [0.4, 0.5) is 8.78 Å². The third-order valence-corrected chi connectivity index (χ3v) is 2.42. The molecule has 2 rings (SSSR count). The minimum atomic E-state index is -0.983. The molecule has 0 aliphatic rings. The molecule has 0 amide bonds. The summed E-state index contributed by atoms with van der Waals surface area (Å²) >= 11 is 0. The largest absolute Gasteiger partial charge is 0.390 e. The van der Waals surface area contributed by atoms with Gasteiger partial charge < -0.3 is 14.4 Å². The third kappa shape index (κ3) is 3.33. The molecule has 19 heavy (non-hydrogen) atoms. The van der Waals surface area contributed by atoms with Crippen LogP contribution in [0, 0.1) is 11.6 Å². The van der Waals surface area contributed by atoms with Crippen LogP contribution in [0.25, 0.3) is 11.4 Å². The lowest BCUT2D eigenvalue weighted by molar-refractivity contribution is 0.0599. The molecule has 0 aliphatic heterocycles. The van der Waals surface area contributed by atoms with Gasteiger partial charge in [-0.3, -0.25) is 0 Å². The predicted molar refractivity (Wildman–Crippen MR) is 61.2 cm³/mol. The quantitative estimate of drug-likeness (QED) is 0.893. The first-order chi connectivity index (χ1) is 9.10. The van der Waals surface area contributed by atoms with Crippen molar-refractivity contribution in [2.24, 2.45) is 0 Å². The van der Waals surface area contributed by atoms with E-state index in [4.69, 9.17) is 9.26 Å². The molecule has 0 radical (unpaired) electrons. The molecule has 1 aromatic heterocycles. The Labute approximate surface area is 107 Å². The van der Waals surface area contributed by atoms with E-state index >= 15 is 0 Å². The van der Waals surface area contributed by atoms with Gasteiger partial charge in [-0.05, 0) is 18.2 Å². The van der Waals surface area contributed by atoms with Crippen LogP contribution in [0.2, 0.25) is 0 Å². The normalized spacial score (nSPS) is 12.6. The summed E-state index contributed by atoms with van der Waals surface area (Å²) in [5, 5.41) is 13.1. The number of ether oxygens (including phenoxy) is 1. The van der Waals surface area contributed by atoms with Crippen molar-refractivity contribution in [3.05, 3.63) is 35.7 Å². The number of benzene rings is 1. The van der Waals surface area contributed by atoms with E-state index in [0.717, 1.165) is 12.1 Å². The van der Waals surface area contributed by atoms with Crippen molar-refractivity contribution in [1.82, 2.24) is 10.1 Å². The summed E-state index contributed by atoms with van der Waals surface area (Å²) in [6.07, 6.45) is -0.631. The van der Waals surface area contributed by atoms with Gasteiger partial charge >= 0.3 is 0 Å². The number of aliphatic hydroxyl groups excluding tert-OH is 1. The number of rotatable bonds is 5. The molecule has 1 heterocycles. The van der Waals surface area contributed by atoms with E-state index in [9.17, 15) is 13.9 Å². The molecule has 1 N–H and O–H groups in total. The number of halogens is 2. The SMILES string of the molecule is COCC(O)Cc1nc(-c2ccc(F)c(F)c2)no1. The van der Waals surface area contributed by atoms with Crippen LogP contribution in [0.3, 0.4) is 0 Å². The van der Waals surface area contributed by atoms with Crippen molar-refractivity contribution in [3.8, 4) is 11.4 Å². The minimum absolute atomic E-state index is 0.129. The molecule has 102 valence electrons. The smallest absolute Gasteiger partial charge is 0.229 e. The second kappa shape index (κ2) is 5.85. The van der Waals surface area contributed by atoms with E-state index in [-0.39, 0.29) is 24.7 Å². The first kappa shape index (κ1) is 13.6. The van der Waals surface area contributed by atoms with E-state index in [1.165, 1.54) is 13.2 Å². The van der Waals surface area contributed by atoms with Crippen molar-refractivity contribution in [2.45, 2.75) is 12.5 Å². The highest BCUT2D eigenvalue weighted by atomic mass is 19.2. The lowest BCUT2D eigenvalue weighted by Crippen LogP contribution is -2.17. The number of hydrogen-bond donors (Lipinski definition) is 1. The molecule has 0 saturated carbocycles. The monoisotopic (exact) mass is 270 g/mol. The Hall–Kier alpha value is -1.86. The Morgan fingerprint density at radius 2 is 2.16 bits per heavy atom. The lowest BCUT2D eigenvalue weighted by Gasteiger charge is -2.04. The topological polar surface area (TPSA) is 68.4 Å². The third-order valence-electron chi connectivity index (χ3n) is 2.42. The molecule has 2 aromatic rings. The van der Waals surface area contributed by atoms with Gasteiger partial charge in [-0.2, -0.15) is 4.98 Å². The number of aliphatic hydroxyl groups is 1. The van der Waals surface area contributed by atoms with E-state index in [1.807, 2.05) is 0 Å². The molecule has 5 nitrogen and oxygen atoms in total. The summed E-state index contributed by atoms with van der Waals surface area (Å²) in [5.41, 5.74) is 0.301. The highest BCUT2D eigenvalue weighted by Crippen LogP contribution is 2.19. The van der Waals surface area contributed by atoms with Gasteiger partial charge in [0.1, 0.15) is 0 Å². The molecule has 0 saturated heterocycles.